The number of fused-ring (bicyclic) bond motifs is 1. The van der Waals surface area contributed by atoms with Crippen molar-refractivity contribution < 1.29 is 54.1 Å². The van der Waals surface area contributed by atoms with E-state index in [4.69, 9.17) is 18.6 Å². The average molecular weight is 476 g/mol. The smallest absolute Gasteiger partial charge is 0.229 e. The molecule has 0 aliphatic carbocycles. The van der Waals surface area contributed by atoms with Gasteiger partial charge >= 0.3 is 0 Å². The fourth-order valence-electron chi connectivity index (χ4n) is 3.88. The molecule has 6 N–H and O–H groups in total. The van der Waals surface area contributed by atoms with E-state index in [1.54, 1.807) is 12.1 Å². The number of benzene rings is 2. The Morgan fingerprint density at radius 2 is 1.82 bits per heavy atom. The lowest BCUT2D eigenvalue weighted by molar-refractivity contribution is -0.277. The molecule has 1 fully saturated rings. The van der Waals surface area contributed by atoms with E-state index in [0.29, 0.717) is 17.4 Å². The summed E-state index contributed by atoms with van der Waals surface area (Å²) in [7, 11) is 1.47. The molecule has 11 nitrogen and oxygen atoms in total. The Kier molecular flexibility index (Phi) is 6.75. The van der Waals surface area contributed by atoms with Crippen LogP contribution in [-0.2, 0) is 16.1 Å². The molecule has 1 saturated heterocycles. The summed E-state index contributed by atoms with van der Waals surface area (Å²) >= 11 is 0. The van der Waals surface area contributed by atoms with Crippen molar-refractivity contribution in [3.8, 4) is 28.6 Å². The van der Waals surface area contributed by atoms with Crippen molar-refractivity contribution in [2.75, 3.05) is 13.7 Å². The molecule has 11 heteroatoms. The van der Waals surface area contributed by atoms with Gasteiger partial charge in [-0.1, -0.05) is 0 Å². The molecule has 0 saturated carbocycles. The minimum atomic E-state index is -1.69. The number of phenols is 2. The largest absolute Gasteiger partial charge is 0.507 e. The van der Waals surface area contributed by atoms with E-state index in [1.807, 2.05) is 0 Å². The summed E-state index contributed by atoms with van der Waals surface area (Å²) in [6, 6.07) is 7.22. The highest BCUT2D eigenvalue weighted by Crippen LogP contribution is 2.41. The van der Waals surface area contributed by atoms with Crippen molar-refractivity contribution in [1.29, 1.82) is 0 Å². The number of carbonyl (C=O) groups is 1. The maximum absolute atomic E-state index is 11.9. The fraction of sp³-hybridized carbons (Fsp3) is 0.348. The van der Waals surface area contributed by atoms with Gasteiger partial charge in [-0.15, -0.1) is 0 Å². The van der Waals surface area contributed by atoms with Gasteiger partial charge in [-0.2, -0.15) is 0 Å². The van der Waals surface area contributed by atoms with Gasteiger partial charge in [0, 0.05) is 18.2 Å². The molecule has 0 spiro atoms. The SMILES string of the molecule is COCc1ccc2oc(-c3ccc(O)c(O[C@@H]4O[C@H](CO)[C@@H](O)[C@H](O)[C@H]4O)c3)c(C=O)c2c1O. The second-order valence-electron chi connectivity index (χ2n) is 7.84. The first-order valence-electron chi connectivity index (χ1n) is 10.3. The van der Waals surface area contributed by atoms with Gasteiger partial charge in [0.25, 0.3) is 0 Å². The number of aliphatic hydroxyl groups is 4. The number of carbonyl (C=O) groups excluding carboxylic acids is 1. The first kappa shape index (κ1) is 24.0. The quantitative estimate of drug-likeness (QED) is 0.264. The maximum Gasteiger partial charge on any atom is 0.229 e. The van der Waals surface area contributed by atoms with Gasteiger partial charge in [-0.3, -0.25) is 4.79 Å². The fourth-order valence-corrected chi connectivity index (χ4v) is 3.88. The lowest BCUT2D eigenvalue weighted by Crippen LogP contribution is -2.60. The standard InChI is InChI=1S/C23H24O11/c1-31-9-11-3-5-14-17(18(11)27)12(7-24)22(32-14)10-2-4-13(26)15(6-10)33-23-21(30)20(29)19(28)16(8-25)34-23/h2-7,16,19-21,23,25-30H,8-9H2,1H3/t16-,19-,20+,21-,23-/m1/s1. The summed E-state index contributed by atoms with van der Waals surface area (Å²) in [5, 5.41) is 60.5. The number of aldehydes is 1. The number of aromatic hydroxyl groups is 2. The molecule has 34 heavy (non-hydrogen) atoms. The zero-order valence-corrected chi connectivity index (χ0v) is 18.0. The molecule has 1 aliphatic rings. The summed E-state index contributed by atoms with van der Waals surface area (Å²) in [6.45, 7) is -0.524. The van der Waals surface area contributed by atoms with Crippen LogP contribution in [-0.4, -0.2) is 81.3 Å². The molecular formula is C23H24O11. The molecule has 1 aliphatic heterocycles. The highest BCUT2D eigenvalue weighted by molar-refractivity contribution is 6.05. The summed E-state index contributed by atoms with van der Waals surface area (Å²) in [6.07, 6.45) is -7.12. The molecule has 0 bridgehead atoms. The highest BCUT2D eigenvalue weighted by atomic mass is 16.7. The van der Waals surface area contributed by atoms with Crippen molar-refractivity contribution in [2.24, 2.45) is 0 Å². The van der Waals surface area contributed by atoms with Crippen molar-refractivity contribution in [1.82, 2.24) is 0 Å². The zero-order chi connectivity index (χ0) is 24.6. The molecule has 182 valence electrons. The van der Waals surface area contributed by atoms with Crippen LogP contribution in [0.5, 0.6) is 17.2 Å². The van der Waals surface area contributed by atoms with Crippen LogP contribution in [0.3, 0.4) is 0 Å². The van der Waals surface area contributed by atoms with Crippen molar-refractivity contribution >= 4 is 17.3 Å². The normalized spacial score (nSPS) is 24.9. The van der Waals surface area contributed by atoms with Crippen molar-refractivity contribution in [2.45, 2.75) is 37.3 Å². The van der Waals surface area contributed by atoms with Crippen LogP contribution >= 0.6 is 0 Å². The second kappa shape index (κ2) is 9.58. The molecule has 5 atom stereocenters. The van der Waals surface area contributed by atoms with E-state index in [1.165, 1.54) is 25.3 Å². The molecule has 0 unspecified atom stereocenters. The maximum atomic E-state index is 11.9. The number of rotatable bonds is 7. The van der Waals surface area contributed by atoms with Crippen LogP contribution in [0.2, 0.25) is 0 Å². The van der Waals surface area contributed by atoms with Gasteiger partial charge in [0.2, 0.25) is 6.29 Å². The molecule has 3 aromatic rings. The van der Waals surface area contributed by atoms with Gasteiger partial charge in [0.15, 0.2) is 17.8 Å². The number of methoxy groups -OCH3 is 1. The van der Waals surface area contributed by atoms with Crippen LogP contribution in [0.25, 0.3) is 22.3 Å². The number of ether oxygens (including phenoxy) is 3. The number of hydrogen-bond acceptors (Lipinski definition) is 11. The third kappa shape index (κ3) is 4.09. The Hall–Kier alpha value is -3.19. The highest BCUT2D eigenvalue weighted by Gasteiger charge is 2.45. The van der Waals surface area contributed by atoms with Gasteiger partial charge in [0.05, 0.1) is 24.2 Å². The molecular weight excluding hydrogens is 452 g/mol. The number of hydrogen-bond donors (Lipinski definition) is 6. The number of aliphatic hydroxyl groups excluding tert-OH is 4. The van der Waals surface area contributed by atoms with E-state index in [0.717, 1.165) is 0 Å². The lowest BCUT2D eigenvalue weighted by Gasteiger charge is -2.39. The van der Waals surface area contributed by atoms with Gasteiger partial charge < -0.3 is 49.3 Å². The monoisotopic (exact) mass is 476 g/mol. The first-order valence-corrected chi connectivity index (χ1v) is 10.3. The van der Waals surface area contributed by atoms with Crippen molar-refractivity contribution in [3.63, 3.8) is 0 Å². The van der Waals surface area contributed by atoms with Gasteiger partial charge in [0.1, 0.15) is 41.5 Å². The Bertz CT molecular complexity index is 1190. The van der Waals surface area contributed by atoms with Crippen LogP contribution in [0.1, 0.15) is 15.9 Å². The van der Waals surface area contributed by atoms with E-state index in [-0.39, 0.29) is 46.1 Å². The minimum Gasteiger partial charge on any atom is -0.507 e. The third-order valence-corrected chi connectivity index (χ3v) is 5.68. The number of phenolic OH excluding ortho intramolecular Hbond substituents is 2. The van der Waals surface area contributed by atoms with E-state index in [9.17, 15) is 35.4 Å². The third-order valence-electron chi connectivity index (χ3n) is 5.68. The Labute approximate surface area is 193 Å². The molecule has 4 rings (SSSR count). The van der Waals surface area contributed by atoms with E-state index in [2.05, 4.69) is 0 Å². The van der Waals surface area contributed by atoms with E-state index >= 15 is 0 Å². The zero-order valence-electron chi connectivity index (χ0n) is 18.0. The average Bonchev–Trinajstić information content (AvgIpc) is 3.22. The first-order chi connectivity index (χ1) is 16.3. The number of furan rings is 1. The predicted molar refractivity (Wildman–Crippen MR) is 115 cm³/mol. The Morgan fingerprint density at radius 1 is 1.06 bits per heavy atom. The molecule has 2 heterocycles. The van der Waals surface area contributed by atoms with Crippen LogP contribution in [0.4, 0.5) is 0 Å². The summed E-state index contributed by atoms with van der Waals surface area (Å²) in [4.78, 5) is 11.9. The van der Waals surface area contributed by atoms with Crippen LogP contribution in [0, 0.1) is 0 Å². The van der Waals surface area contributed by atoms with Crippen LogP contribution in [0.15, 0.2) is 34.7 Å². The van der Waals surface area contributed by atoms with Gasteiger partial charge in [-0.25, -0.2) is 0 Å². The molecule has 0 amide bonds. The van der Waals surface area contributed by atoms with Gasteiger partial charge in [-0.05, 0) is 30.3 Å². The molecule has 1 aromatic heterocycles. The topological polar surface area (TPSA) is 179 Å². The second-order valence-corrected chi connectivity index (χ2v) is 7.84. The van der Waals surface area contributed by atoms with Crippen molar-refractivity contribution in [3.05, 3.63) is 41.5 Å². The minimum absolute atomic E-state index is 0.0648. The predicted octanol–water partition coefficient (Wildman–Crippen LogP) is 0.649. The Morgan fingerprint density at radius 3 is 2.50 bits per heavy atom. The summed E-state index contributed by atoms with van der Waals surface area (Å²) < 4.78 is 21.7. The molecule has 2 aromatic carbocycles. The lowest BCUT2D eigenvalue weighted by atomic mass is 9.99. The van der Waals surface area contributed by atoms with Crippen LogP contribution < -0.4 is 4.74 Å². The summed E-state index contributed by atoms with van der Waals surface area (Å²) in [5.41, 5.74) is 1.07. The summed E-state index contributed by atoms with van der Waals surface area (Å²) in [5.74, 6) is -0.611. The molecule has 0 radical (unpaired) electrons. The Balaban J connectivity index is 1.72. The van der Waals surface area contributed by atoms with E-state index < -0.39 is 37.3 Å².